The minimum absolute atomic E-state index is 0.0891. The molecule has 0 saturated heterocycles. The van der Waals surface area contributed by atoms with Gasteiger partial charge in [-0.1, -0.05) is 0 Å². The molecule has 4 rings (SSSR count). The van der Waals surface area contributed by atoms with E-state index in [4.69, 9.17) is 4.74 Å². The van der Waals surface area contributed by atoms with Crippen LogP contribution in [0.5, 0.6) is 0 Å². The van der Waals surface area contributed by atoms with Gasteiger partial charge in [-0.15, -0.1) is 0 Å². The van der Waals surface area contributed by atoms with Crippen molar-refractivity contribution in [2.45, 2.75) is 59.6 Å². The third kappa shape index (κ3) is 6.81. The molecule has 0 spiro atoms. The van der Waals surface area contributed by atoms with Gasteiger partial charge in [-0.05, 0) is 0 Å². The van der Waals surface area contributed by atoms with E-state index in [1.54, 1.807) is 7.11 Å². The first-order valence-electron chi connectivity index (χ1n) is 11.7. The zero-order valence-corrected chi connectivity index (χ0v) is 23.1. The van der Waals surface area contributed by atoms with Gasteiger partial charge in [0.05, 0.1) is 0 Å². The molecule has 1 N–H and O–H groups in total. The predicted octanol–water partition coefficient (Wildman–Crippen LogP) is 4.64. The van der Waals surface area contributed by atoms with Crippen LogP contribution < -0.4 is 9.80 Å². The Hall–Kier alpha value is -1.40. The van der Waals surface area contributed by atoms with Crippen molar-refractivity contribution in [2.24, 2.45) is 5.41 Å². The number of nitrogens with zero attached hydrogens (tertiary/aromatic N) is 3. The van der Waals surface area contributed by atoms with E-state index in [1.165, 1.54) is 31.9 Å². The zero-order chi connectivity index (χ0) is 23.3. The fraction of sp³-hybridized carbons (Fsp3) is 0.560. The molecule has 2 aliphatic rings. The van der Waals surface area contributed by atoms with Gasteiger partial charge in [0.25, 0.3) is 0 Å². The van der Waals surface area contributed by atoms with E-state index in [1.807, 2.05) is 24.3 Å². The van der Waals surface area contributed by atoms with Crippen molar-refractivity contribution in [3.05, 3.63) is 36.3 Å². The van der Waals surface area contributed by atoms with Crippen molar-refractivity contribution in [3.63, 3.8) is 0 Å². The van der Waals surface area contributed by atoms with E-state index in [9.17, 15) is 9.65 Å². The first-order valence-corrected chi connectivity index (χ1v) is 15.9. The summed E-state index contributed by atoms with van der Waals surface area (Å²) in [5, 5.41) is 12.5. The van der Waals surface area contributed by atoms with Crippen molar-refractivity contribution in [2.75, 3.05) is 25.6 Å². The summed E-state index contributed by atoms with van der Waals surface area (Å²) in [6, 6.07) is 9.90. The van der Waals surface area contributed by atoms with E-state index in [0.717, 1.165) is 33.3 Å². The second-order valence-corrected chi connectivity index (χ2v) is 16.3. The molecule has 2 fully saturated rings. The van der Waals surface area contributed by atoms with Gasteiger partial charge in [0, 0.05) is 0 Å². The first-order chi connectivity index (χ1) is 16.0. The maximum atomic E-state index is 14.7. The summed E-state index contributed by atoms with van der Waals surface area (Å²) in [7, 11) is 1.79. The van der Waals surface area contributed by atoms with E-state index in [-0.39, 0.29) is 27.0 Å². The summed E-state index contributed by atoms with van der Waals surface area (Å²) in [6.07, 6.45) is 8.40. The minimum atomic E-state index is -0.333. The topological polar surface area (TPSA) is 70.8 Å². The zero-order valence-electron chi connectivity index (χ0n) is 19.3. The second kappa shape index (κ2) is 11.3. The molecular weight excluding hydrogens is 541 g/mol. The molecule has 0 amide bonds. The Morgan fingerprint density at radius 1 is 1.27 bits per heavy atom. The molecule has 0 bridgehead atoms. The van der Waals surface area contributed by atoms with Gasteiger partial charge in [0.2, 0.25) is 0 Å². The summed E-state index contributed by atoms with van der Waals surface area (Å²) >= 11 is 0.258. The SMILES string of the molecule is COC[C@H](C)[As]C1CCC([As]c2cc(-c3cccc(NCC4(C#N)CC4)n3)c(F)cn2)CC1. The molecule has 2 aromatic heterocycles. The summed E-state index contributed by atoms with van der Waals surface area (Å²) in [5.41, 5.74) is 0.885. The van der Waals surface area contributed by atoms with Crippen molar-refractivity contribution in [1.29, 1.82) is 5.26 Å². The van der Waals surface area contributed by atoms with Gasteiger partial charge >= 0.3 is 210 Å². The van der Waals surface area contributed by atoms with E-state index in [0.29, 0.717) is 44.1 Å². The molecule has 0 aromatic carbocycles. The van der Waals surface area contributed by atoms with E-state index < -0.39 is 0 Å². The van der Waals surface area contributed by atoms with Crippen LogP contribution in [-0.4, -0.2) is 61.7 Å². The normalized spacial score (nSPS) is 23.1. The van der Waals surface area contributed by atoms with Gasteiger partial charge in [-0.3, -0.25) is 0 Å². The van der Waals surface area contributed by atoms with Crippen molar-refractivity contribution in [1.82, 2.24) is 9.97 Å². The second-order valence-electron chi connectivity index (χ2n) is 9.22. The standard InChI is InChI=1S/C25H31As2FN4O/c1-17(14-33-2)26-18-6-8-19(9-7-18)27-23-12-20(21(28)13-30-23)22-4-3-5-24(32-22)31-16-25(15-29)10-11-25/h3-5,12-13,17-19H,6-11,14,16H2,1-2H3,(H,31,32)/t17-,18?,19?/m0/s1. The molecule has 2 heterocycles. The molecule has 5 nitrogen and oxygen atoms in total. The number of methoxy groups -OCH3 is 1. The first kappa shape index (κ1) is 24.7. The summed E-state index contributed by atoms with van der Waals surface area (Å²) in [6.45, 7) is 3.79. The molecule has 0 unspecified atom stereocenters. The van der Waals surface area contributed by atoms with Crippen LogP contribution in [0.2, 0.25) is 14.1 Å². The van der Waals surface area contributed by atoms with Crippen LogP contribution in [0, 0.1) is 22.6 Å². The predicted molar refractivity (Wildman–Crippen MR) is 132 cm³/mol. The summed E-state index contributed by atoms with van der Waals surface area (Å²) in [5.74, 6) is 0.351. The maximum absolute atomic E-state index is 14.7. The van der Waals surface area contributed by atoms with Crippen molar-refractivity contribution in [3.8, 4) is 17.3 Å². The van der Waals surface area contributed by atoms with Crippen LogP contribution in [0.25, 0.3) is 11.3 Å². The fourth-order valence-electron chi connectivity index (χ4n) is 4.28. The molecule has 2 saturated carbocycles. The van der Waals surface area contributed by atoms with Crippen LogP contribution in [0.3, 0.4) is 0 Å². The number of ether oxygens (including phenoxy) is 1. The average Bonchev–Trinajstić information content (AvgIpc) is 3.61. The van der Waals surface area contributed by atoms with Gasteiger partial charge in [-0.2, -0.15) is 0 Å². The van der Waals surface area contributed by atoms with Gasteiger partial charge < -0.3 is 0 Å². The number of nitriles is 1. The quantitative estimate of drug-likeness (QED) is 0.421. The van der Waals surface area contributed by atoms with Crippen LogP contribution in [0.15, 0.2) is 30.5 Å². The van der Waals surface area contributed by atoms with E-state index >= 15 is 0 Å². The Morgan fingerprint density at radius 3 is 2.73 bits per heavy atom. The number of halogens is 1. The molecule has 0 aliphatic heterocycles. The number of nitrogens with one attached hydrogen (secondary N) is 1. The van der Waals surface area contributed by atoms with Crippen molar-refractivity contribution >= 4 is 41.8 Å². The Bertz CT molecular complexity index is 987. The molecule has 2 radical (unpaired) electrons. The molecule has 174 valence electrons. The Morgan fingerprint density at radius 2 is 2.03 bits per heavy atom. The monoisotopic (exact) mass is 572 g/mol. The molecule has 1 atom stereocenters. The third-order valence-electron chi connectivity index (χ3n) is 6.42. The van der Waals surface area contributed by atoms with Crippen LogP contribution in [0.1, 0.15) is 45.4 Å². The molecule has 2 aromatic rings. The number of pyridine rings is 2. The van der Waals surface area contributed by atoms with Gasteiger partial charge in [-0.25, -0.2) is 0 Å². The Labute approximate surface area is 209 Å². The summed E-state index contributed by atoms with van der Waals surface area (Å²) in [4.78, 5) is 9.06. The fourth-order valence-corrected chi connectivity index (χ4v) is 10.2. The summed E-state index contributed by atoms with van der Waals surface area (Å²) < 4.78 is 23.4. The number of aromatic nitrogens is 2. The van der Waals surface area contributed by atoms with Crippen molar-refractivity contribution < 1.29 is 9.13 Å². The molecular formula is C25H31As2FN4O. The molecule has 33 heavy (non-hydrogen) atoms. The number of anilines is 1. The van der Waals surface area contributed by atoms with Crippen LogP contribution in [-0.2, 0) is 4.74 Å². The average molecular weight is 572 g/mol. The van der Waals surface area contributed by atoms with Crippen LogP contribution >= 0.6 is 0 Å². The number of hydrogen-bond donors (Lipinski definition) is 1. The van der Waals surface area contributed by atoms with Gasteiger partial charge in [0.1, 0.15) is 0 Å². The Kier molecular flexibility index (Phi) is 8.50. The van der Waals surface area contributed by atoms with Crippen LogP contribution in [0.4, 0.5) is 10.2 Å². The number of rotatable bonds is 10. The third-order valence-corrected chi connectivity index (χ3v) is 12.7. The number of hydrogen-bond acceptors (Lipinski definition) is 5. The molecule has 2 aliphatic carbocycles. The Balaban J connectivity index is 1.37. The van der Waals surface area contributed by atoms with Gasteiger partial charge in [0.15, 0.2) is 0 Å². The van der Waals surface area contributed by atoms with E-state index in [2.05, 4.69) is 28.3 Å². The molecule has 8 heteroatoms.